The van der Waals surface area contributed by atoms with E-state index in [0.717, 1.165) is 30.6 Å². The van der Waals surface area contributed by atoms with Crippen molar-refractivity contribution in [1.29, 1.82) is 0 Å². The van der Waals surface area contributed by atoms with Crippen LogP contribution in [0, 0.1) is 6.92 Å². The normalized spacial score (nSPS) is 19.0. The number of nitrogens with zero attached hydrogens (tertiary/aromatic N) is 3. The molecule has 1 saturated carbocycles. The number of hydrogen-bond acceptors (Lipinski definition) is 4. The van der Waals surface area contributed by atoms with Gasteiger partial charge in [-0.1, -0.05) is 42.7 Å². The maximum Gasteiger partial charge on any atom is 0.264 e. The fraction of sp³-hybridized carbons (Fsp3) is 0.500. The van der Waals surface area contributed by atoms with Gasteiger partial charge in [-0.2, -0.15) is 0 Å². The van der Waals surface area contributed by atoms with Gasteiger partial charge in [0.15, 0.2) is 0 Å². The van der Waals surface area contributed by atoms with Crippen LogP contribution in [0.4, 0.5) is 0 Å². The van der Waals surface area contributed by atoms with Crippen LogP contribution in [0.1, 0.15) is 48.0 Å². The number of amides is 1. The maximum atomic E-state index is 12.9. The van der Waals surface area contributed by atoms with E-state index in [-0.39, 0.29) is 17.0 Å². The highest BCUT2D eigenvalue weighted by atomic mass is 16.2. The topological polar surface area (TPSA) is 69.3 Å². The summed E-state index contributed by atoms with van der Waals surface area (Å²) in [7, 11) is 0. The van der Waals surface area contributed by atoms with E-state index in [2.05, 4.69) is 14.9 Å². The van der Waals surface area contributed by atoms with Crippen molar-refractivity contribution in [2.24, 2.45) is 0 Å². The Bertz CT molecular complexity index is 884. The van der Waals surface area contributed by atoms with Gasteiger partial charge in [0.25, 0.3) is 11.5 Å². The van der Waals surface area contributed by atoms with Gasteiger partial charge in [0.05, 0.1) is 0 Å². The van der Waals surface area contributed by atoms with E-state index in [4.69, 9.17) is 0 Å². The number of H-pyrrole nitrogens is 1. The molecule has 1 aromatic heterocycles. The third-order valence-electron chi connectivity index (χ3n) is 6.01. The van der Waals surface area contributed by atoms with Crippen LogP contribution < -0.4 is 5.56 Å². The molecule has 4 rings (SSSR count). The summed E-state index contributed by atoms with van der Waals surface area (Å²) in [4.78, 5) is 37.0. The van der Waals surface area contributed by atoms with Crippen LogP contribution in [0.25, 0.3) is 11.4 Å². The minimum atomic E-state index is -0.368. The largest absolute Gasteiger partial charge is 0.337 e. The minimum Gasteiger partial charge on any atom is -0.337 e. The van der Waals surface area contributed by atoms with Crippen LogP contribution in [0.2, 0.25) is 0 Å². The molecule has 2 aromatic rings. The molecule has 6 heteroatoms. The van der Waals surface area contributed by atoms with Crippen LogP contribution in [0.15, 0.2) is 35.3 Å². The zero-order valence-corrected chi connectivity index (χ0v) is 16.5. The standard InChI is InChI=1S/C22H28N4O2/c1-16-7-9-17(10-8-16)20-23-15-19(21(27)24-20)22(28)26-12-4-11-25(13-14-26)18-5-2-3-6-18/h7-10,15,18H,2-6,11-14H2,1H3,(H,23,24,27). The van der Waals surface area contributed by atoms with Gasteiger partial charge in [-0.25, -0.2) is 4.98 Å². The first-order valence-electron chi connectivity index (χ1n) is 10.3. The number of carbonyl (C=O) groups excluding carboxylic acids is 1. The number of benzene rings is 1. The molecule has 0 spiro atoms. The Hall–Kier alpha value is -2.47. The first-order valence-corrected chi connectivity index (χ1v) is 10.3. The lowest BCUT2D eigenvalue weighted by Crippen LogP contribution is -2.39. The predicted octanol–water partition coefficient (Wildman–Crippen LogP) is 2.84. The van der Waals surface area contributed by atoms with Crippen molar-refractivity contribution in [2.45, 2.75) is 45.1 Å². The van der Waals surface area contributed by atoms with Gasteiger partial charge in [0.2, 0.25) is 0 Å². The molecular formula is C22H28N4O2. The maximum absolute atomic E-state index is 12.9. The number of carbonyl (C=O) groups is 1. The first kappa shape index (κ1) is 18.9. The Morgan fingerprint density at radius 3 is 2.50 bits per heavy atom. The quantitative estimate of drug-likeness (QED) is 0.889. The third kappa shape index (κ3) is 4.02. The van der Waals surface area contributed by atoms with Crippen molar-refractivity contribution >= 4 is 5.91 Å². The van der Waals surface area contributed by atoms with E-state index in [0.29, 0.717) is 25.0 Å². The van der Waals surface area contributed by atoms with Crippen LogP contribution in [-0.2, 0) is 0 Å². The summed E-state index contributed by atoms with van der Waals surface area (Å²) in [6.07, 6.45) is 7.57. The fourth-order valence-corrected chi connectivity index (χ4v) is 4.35. The average Bonchev–Trinajstić information content (AvgIpc) is 3.13. The van der Waals surface area contributed by atoms with E-state index < -0.39 is 0 Å². The van der Waals surface area contributed by atoms with E-state index >= 15 is 0 Å². The Morgan fingerprint density at radius 1 is 1.04 bits per heavy atom. The van der Waals surface area contributed by atoms with Crippen molar-refractivity contribution in [3.05, 3.63) is 51.9 Å². The van der Waals surface area contributed by atoms with Crippen LogP contribution >= 0.6 is 0 Å². The summed E-state index contributed by atoms with van der Waals surface area (Å²) >= 11 is 0. The Labute approximate surface area is 165 Å². The predicted molar refractivity (Wildman–Crippen MR) is 109 cm³/mol. The second-order valence-corrected chi connectivity index (χ2v) is 7.96. The third-order valence-corrected chi connectivity index (χ3v) is 6.01. The molecule has 0 bridgehead atoms. The molecule has 1 aliphatic heterocycles. The average molecular weight is 380 g/mol. The number of aryl methyl sites for hydroxylation is 1. The van der Waals surface area contributed by atoms with Gasteiger partial charge in [0.1, 0.15) is 11.4 Å². The Morgan fingerprint density at radius 2 is 1.79 bits per heavy atom. The van der Waals surface area contributed by atoms with Gasteiger partial charge in [-0.3, -0.25) is 14.5 Å². The van der Waals surface area contributed by atoms with Crippen molar-refractivity contribution in [1.82, 2.24) is 19.8 Å². The van der Waals surface area contributed by atoms with E-state index in [1.807, 2.05) is 36.1 Å². The number of rotatable bonds is 3. The second-order valence-electron chi connectivity index (χ2n) is 7.96. The minimum absolute atomic E-state index is 0.130. The molecule has 0 radical (unpaired) electrons. The number of aromatic amines is 1. The fourth-order valence-electron chi connectivity index (χ4n) is 4.35. The van der Waals surface area contributed by atoms with E-state index in [1.54, 1.807) is 0 Å². The molecule has 148 valence electrons. The van der Waals surface area contributed by atoms with Crippen molar-refractivity contribution in [3.63, 3.8) is 0 Å². The molecule has 2 fully saturated rings. The zero-order valence-electron chi connectivity index (χ0n) is 16.5. The Balaban J connectivity index is 1.47. The molecule has 1 amide bonds. The summed E-state index contributed by atoms with van der Waals surface area (Å²) in [5.74, 6) is 0.280. The summed E-state index contributed by atoms with van der Waals surface area (Å²) in [6, 6.07) is 8.46. The van der Waals surface area contributed by atoms with Crippen LogP contribution in [0.5, 0.6) is 0 Å². The summed E-state index contributed by atoms with van der Waals surface area (Å²) in [5, 5.41) is 0. The van der Waals surface area contributed by atoms with Crippen LogP contribution in [0.3, 0.4) is 0 Å². The van der Waals surface area contributed by atoms with Gasteiger partial charge < -0.3 is 9.88 Å². The molecule has 1 saturated heterocycles. The molecule has 2 heterocycles. The summed E-state index contributed by atoms with van der Waals surface area (Å²) < 4.78 is 0. The van der Waals surface area contributed by atoms with Gasteiger partial charge >= 0.3 is 0 Å². The second kappa shape index (κ2) is 8.27. The zero-order chi connectivity index (χ0) is 19.5. The lowest BCUT2D eigenvalue weighted by molar-refractivity contribution is 0.0756. The molecule has 1 N–H and O–H groups in total. The van der Waals surface area contributed by atoms with Crippen molar-refractivity contribution < 1.29 is 4.79 Å². The lowest BCUT2D eigenvalue weighted by atomic mass is 10.1. The van der Waals surface area contributed by atoms with Crippen molar-refractivity contribution in [2.75, 3.05) is 26.2 Å². The van der Waals surface area contributed by atoms with Crippen molar-refractivity contribution in [3.8, 4) is 11.4 Å². The Kier molecular flexibility index (Phi) is 5.57. The first-order chi connectivity index (χ1) is 13.6. The number of aromatic nitrogens is 2. The number of nitrogens with one attached hydrogen (secondary N) is 1. The van der Waals surface area contributed by atoms with E-state index in [9.17, 15) is 9.59 Å². The summed E-state index contributed by atoms with van der Waals surface area (Å²) in [6.45, 7) is 5.31. The SMILES string of the molecule is Cc1ccc(-c2ncc(C(=O)N3CCCN(C4CCCC4)CC3)c(=O)[nH]2)cc1. The number of hydrogen-bond donors (Lipinski definition) is 1. The highest BCUT2D eigenvalue weighted by Crippen LogP contribution is 2.24. The molecule has 1 aliphatic carbocycles. The monoisotopic (exact) mass is 380 g/mol. The summed E-state index contributed by atoms with van der Waals surface area (Å²) in [5.41, 5.74) is 1.74. The molecule has 28 heavy (non-hydrogen) atoms. The van der Waals surface area contributed by atoms with Gasteiger partial charge in [-0.15, -0.1) is 0 Å². The molecule has 0 atom stereocenters. The molecule has 6 nitrogen and oxygen atoms in total. The van der Waals surface area contributed by atoms with Gasteiger partial charge in [0, 0.05) is 44.0 Å². The molecular weight excluding hydrogens is 352 g/mol. The smallest absolute Gasteiger partial charge is 0.264 e. The van der Waals surface area contributed by atoms with Gasteiger partial charge in [-0.05, 0) is 26.2 Å². The van der Waals surface area contributed by atoms with E-state index in [1.165, 1.54) is 31.9 Å². The molecule has 0 unspecified atom stereocenters. The highest BCUT2D eigenvalue weighted by molar-refractivity contribution is 5.93. The highest BCUT2D eigenvalue weighted by Gasteiger charge is 2.27. The lowest BCUT2D eigenvalue weighted by Gasteiger charge is -2.27. The van der Waals surface area contributed by atoms with Crippen LogP contribution in [-0.4, -0.2) is 57.9 Å². The molecule has 1 aromatic carbocycles. The molecule has 2 aliphatic rings.